The Morgan fingerprint density at radius 3 is 2.46 bits per heavy atom. The molecule has 0 aromatic heterocycles. The van der Waals surface area contributed by atoms with E-state index in [9.17, 15) is 4.79 Å². The maximum Gasteiger partial charge on any atom is 0.495 e. The highest BCUT2D eigenvalue weighted by Gasteiger charge is 2.52. The van der Waals surface area contributed by atoms with E-state index >= 15 is 0 Å². The number of carbonyl (C=O) groups excluding carboxylic acids is 1. The van der Waals surface area contributed by atoms with Gasteiger partial charge in [0.1, 0.15) is 12.0 Å². The summed E-state index contributed by atoms with van der Waals surface area (Å²) in [5.74, 6) is 0.629. The molecule has 130 valence electrons. The minimum absolute atomic E-state index is 0.235. The van der Waals surface area contributed by atoms with Gasteiger partial charge in [0.25, 0.3) is 0 Å². The van der Waals surface area contributed by atoms with Crippen molar-refractivity contribution in [3.63, 3.8) is 0 Å². The highest BCUT2D eigenvalue weighted by molar-refractivity contribution is 6.63. The molecule has 2 aliphatic rings. The van der Waals surface area contributed by atoms with Crippen molar-refractivity contribution in [3.05, 3.63) is 23.8 Å². The zero-order valence-corrected chi connectivity index (χ0v) is 14.8. The van der Waals surface area contributed by atoms with Gasteiger partial charge in [-0.1, -0.05) is 6.07 Å². The van der Waals surface area contributed by atoms with E-state index < -0.39 is 18.3 Å². The van der Waals surface area contributed by atoms with Crippen LogP contribution in [0.4, 0.5) is 0 Å². The van der Waals surface area contributed by atoms with Gasteiger partial charge in [0, 0.05) is 12.0 Å². The number of hydrogen-bond acceptors (Lipinski definition) is 5. The molecule has 2 heterocycles. The Hall–Kier alpha value is -1.37. The molecule has 0 N–H and O–H groups in total. The molecule has 2 fully saturated rings. The van der Waals surface area contributed by atoms with Gasteiger partial charge in [-0.15, -0.1) is 0 Å². The van der Waals surface area contributed by atoms with Crippen LogP contribution in [0.2, 0.25) is 0 Å². The largest absolute Gasteiger partial charge is 0.495 e. The van der Waals surface area contributed by atoms with Crippen LogP contribution in [0.1, 0.15) is 57.3 Å². The number of rotatable bonds is 4. The van der Waals surface area contributed by atoms with E-state index in [4.69, 9.17) is 18.8 Å². The lowest BCUT2D eigenvalue weighted by molar-refractivity contribution is -0.105. The molecule has 6 heteroatoms. The smallest absolute Gasteiger partial charge is 0.465 e. The van der Waals surface area contributed by atoms with Crippen molar-refractivity contribution in [2.45, 2.75) is 64.4 Å². The first kappa shape index (κ1) is 17.5. The third-order valence-corrected chi connectivity index (χ3v) is 5.10. The molecular weight excluding hydrogens is 307 g/mol. The zero-order valence-electron chi connectivity index (χ0n) is 14.8. The average molecular weight is 332 g/mol. The Morgan fingerprint density at radius 2 is 1.88 bits per heavy atom. The standard InChI is InChI=1S/C18H25BO5/c1-17(2)18(3,4)24-19(23-17)15-9-8-14(11-13(15)12-20)22-16-7-5-6-10-21-16/h8-9,11-12,16H,5-7,10H2,1-4H3. The highest BCUT2D eigenvalue weighted by atomic mass is 16.7. The summed E-state index contributed by atoms with van der Waals surface area (Å²) in [6, 6.07) is 5.40. The maximum absolute atomic E-state index is 11.6. The van der Waals surface area contributed by atoms with E-state index in [1.54, 1.807) is 6.07 Å². The van der Waals surface area contributed by atoms with E-state index in [0.29, 0.717) is 11.3 Å². The predicted molar refractivity (Wildman–Crippen MR) is 91.8 cm³/mol. The summed E-state index contributed by atoms with van der Waals surface area (Å²) in [4.78, 5) is 11.6. The van der Waals surface area contributed by atoms with Crippen molar-refractivity contribution in [2.75, 3.05) is 6.61 Å². The Bertz CT molecular complexity index is 591. The van der Waals surface area contributed by atoms with E-state index in [0.717, 1.165) is 37.6 Å². The van der Waals surface area contributed by atoms with Crippen molar-refractivity contribution in [1.82, 2.24) is 0 Å². The summed E-state index contributed by atoms with van der Waals surface area (Å²) < 4.78 is 23.5. The van der Waals surface area contributed by atoms with Gasteiger partial charge in [0.15, 0.2) is 6.29 Å². The predicted octanol–water partition coefficient (Wildman–Crippen LogP) is 2.70. The van der Waals surface area contributed by atoms with Gasteiger partial charge in [-0.3, -0.25) is 4.79 Å². The van der Waals surface area contributed by atoms with E-state index in [-0.39, 0.29) is 6.29 Å². The summed E-state index contributed by atoms with van der Waals surface area (Å²) in [6.45, 7) is 8.69. The van der Waals surface area contributed by atoms with Crippen LogP contribution in [0.25, 0.3) is 0 Å². The van der Waals surface area contributed by atoms with Crippen LogP contribution in [0.5, 0.6) is 5.75 Å². The van der Waals surface area contributed by atoms with Gasteiger partial charge < -0.3 is 18.8 Å². The molecular formula is C18H25BO5. The van der Waals surface area contributed by atoms with Crippen LogP contribution in [0.3, 0.4) is 0 Å². The fourth-order valence-corrected chi connectivity index (χ4v) is 2.87. The van der Waals surface area contributed by atoms with Crippen molar-refractivity contribution in [2.24, 2.45) is 0 Å². The first-order valence-electron chi connectivity index (χ1n) is 8.55. The highest BCUT2D eigenvalue weighted by Crippen LogP contribution is 2.36. The number of ether oxygens (including phenoxy) is 2. The van der Waals surface area contributed by atoms with Gasteiger partial charge in [0.2, 0.25) is 0 Å². The van der Waals surface area contributed by atoms with Crippen LogP contribution >= 0.6 is 0 Å². The lowest BCUT2D eigenvalue weighted by Crippen LogP contribution is -2.41. The SMILES string of the molecule is CC1(C)OB(c2ccc(OC3CCCCO3)cc2C=O)OC1(C)C. The molecule has 24 heavy (non-hydrogen) atoms. The van der Waals surface area contributed by atoms with Crippen molar-refractivity contribution >= 4 is 18.9 Å². The fraction of sp³-hybridized carbons (Fsp3) is 0.611. The van der Waals surface area contributed by atoms with E-state index in [1.807, 2.05) is 39.8 Å². The molecule has 1 aromatic rings. The first-order chi connectivity index (χ1) is 11.3. The van der Waals surface area contributed by atoms with Crippen molar-refractivity contribution < 1.29 is 23.6 Å². The second kappa shape index (κ2) is 6.50. The Kier molecular flexibility index (Phi) is 4.73. The van der Waals surface area contributed by atoms with Crippen molar-refractivity contribution in [1.29, 1.82) is 0 Å². The molecule has 2 saturated heterocycles. The normalized spacial score (nSPS) is 25.5. The van der Waals surface area contributed by atoms with Crippen LogP contribution in [0.15, 0.2) is 18.2 Å². The quantitative estimate of drug-likeness (QED) is 0.627. The topological polar surface area (TPSA) is 54.0 Å². The van der Waals surface area contributed by atoms with Gasteiger partial charge in [-0.25, -0.2) is 0 Å². The van der Waals surface area contributed by atoms with Crippen LogP contribution < -0.4 is 10.2 Å². The number of carbonyl (C=O) groups is 1. The number of aldehydes is 1. The lowest BCUT2D eigenvalue weighted by atomic mass is 9.76. The Labute approximate surface area is 143 Å². The average Bonchev–Trinajstić information content (AvgIpc) is 2.76. The molecule has 0 amide bonds. The summed E-state index contributed by atoms with van der Waals surface area (Å²) >= 11 is 0. The van der Waals surface area contributed by atoms with Crippen LogP contribution in [-0.2, 0) is 14.0 Å². The molecule has 0 aliphatic carbocycles. The fourth-order valence-electron chi connectivity index (χ4n) is 2.87. The molecule has 0 saturated carbocycles. The molecule has 0 bridgehead atoms. The Balaban J connectivity index is 1.79. The summed E-state index contributed by atoms with van der Waals surface area (Å²) in [5, 5.41) is 0. The molecule has 2 aliphatic heterocycles. The molecule has 1 unspecified atom stereocenters. The number of benzene rings is 1. The van der Waals surface area contributed by atoms with Gasteiger partial charge in [-0.05, 0) is 58.1 Å². The molecule has 3 rings (SSSR count). The summed E-state index contributed by atoms with van der Waals surface area (Å²) in [5.41, 5.74) is 0.355. The first-order valence-corrected chi connectivity index (χ1v) is 8.55. The molecule has 0 spiro atoms. The minimum Gasteiger partial charge on any atom is -0.465 e. The second-order valence-corrected chi connectivity index (χ2v) is 7.41. The molecule has 5 nitrogen and oxygen atoms in total. The number of hydrogen-bond donors (Lipinski definition) is 0. The molecule has 1 atom stereocenters. The third kappa shape index (κ3) is 3.36. The minimum atomic E-state index is -0.560. The monoisotopic (exact) mass is 332 g/mol. The van der Waals surface area contributed by atoms with E-state index in [2.05, 4.69) is 0 Å². The lowest BCUT2D eigenvalue weighted by Gasteiger charge is -2.32. The van der Waals surface area contributed by atoms with Crippen molar-refractivity contribution in [3.8, 4) is 5.75 Å². The summed E-state index contributed by atoms with van der Waals surface area (Å²) in [7, 11) is -0.560. The van der Waals surface area contributed by atoms with Crippen LogP contribution in [0, 0.1) is 0 Å². The zero-order chi connectivity index (χ0) is 17.4. The third-order valence-electron chi connectivity index (χ3n) is 5.10. The van der Waals surface area contributed by atoms with Gasteiger partial charge in [-0.2, -0.15) is 0 Å². The summed E-state index contributed by atoms with van der Waals surface area (Å²) in [6.07, 6.45) is 3.61. The van der Waals surface area contributed by atoms with Gasteiger partial charge in [0.05, 0.1) is 17.8 Å². The van der Waals surface area contributed by atoms with Gasteiger partial charge >= 0.3 is 7.12 Å². The van der Waals surface area contributed by atoms with Crippen LogP contribution in [-0.4, -0.2) is 37.5 Å². The Morgan fingerprint density at radius 1 is 1.17 bits per heavy atom. The molecule has 0 radical (unpaired) electrons. The maximum atomic E-state index is 11.6. The second-order valence-electron chi connectivity index (χ2n) is 7.41. The molecule has 1 aromatic carbocycles. The van der Waals surface area contributed by atoms with E-state index in [1.165, 1.54) is 0 Å².